The maximum Gasteiger partial charge on any atom is 0.257 e. The van der Waals surface area contributed by atoms with Crippen molar-refractivity contribution in [2.45, 2.75) is 6.92 Å². The van der Waals surface area contributed by atoms with Crippen molar-refractivity contribution < 1.29 is 17.6 Å². The fraction of sp³-hybridized carbons (Fsp3) is 0.188. The Balaban J connectivity index is 2.39. The number of carbonyl (C=O) groups excluding carboxylic acids is 1. The number of nitrogens with zero attached hydrogens (tertiary/aromatic N) is 1. The molecule has 0 aliphatic rings. The van der Waals surface area contributed by atoms with Gasteiger partial charge in [0, 0.05) is 12.7 Å². The molecule has 0 aromatic heterocycles. The lowest BCUT2D eigenvalue weighted by Crippen LogP contribution is -2.27. The number of sulfonamides is 1. The molecule has 0 aliphatic carbocycles. The third-order valence-electron chi connectivity index (χ3n) is 3.43. The van der Waals surface area contributed by atoms with Gasteiger partial charge in [-0.3, -0.25) is 9.10 Å². The first-order chi connectivity index (χ1) is 10.7. The summed E-state index contributed by atoms with van der Waals surface area (Å²) < 4.78 is 37.8. The van der Waals surface area contributed by atoms with Gasteiger partial charge in [0.2, 0.25) is 10.0 Å². The van der Waals surface area contributed by atoms with Gasteiger partial charge in [0.15, 0.2) is 0 Å². The zero-order valence-corrected chi connectivity index (χ0v) is 13.8. The van der Waals surface area contributed by atoms with Crippen LogP contribution in [0.2, 0.25) is 0 Å². The van der Waals surface area contributed by atoms with Crippen LogP contribution in [0, 0.1) is 12.7 Å². The van der Waals surface area contributed by atoms with Gasteiger partial charge in [0.1, 0.15) is 5.82 Å². The second kappa shape index (κ2) is 6.37. The molecule has 0 spiro atoms. The summed E-state index contributed by atoms with van der Waals surface area (Å²) in [7, 11) is -2.14. The van der Waals surface area contributed by atoms with Gasteiger partial charge in [-0.05, 0) is 36.8 Å². The van der Waals surface area contributed by atoms with Crippen molar-refractivity contribution in [3.8, 4) is 0 Å². The summed E-state index contributed by atoms with van der Waals surface area (Å²) in [6, 6.07) is 10.4. The molecule has 0 saturated heterocycles. The quantitative estimate of drug-likeness (QED) is 0.933. The number of rotatable bonds is 4. The van der Waals surface area contributed by atoms with Crippen LogP contribution < -0.4 is 9.62 Å². The normalized spacial score (nSPS) is 11.1. The standard InChI is InChI=1S/C16H17FN2O3S/c1-11-8-9-12(17)10-14(11)18-16(20)13-6-4-5-7-15(13)19(2)23(3,21)22/h4-10H,1-3H3,(H,18,20). The van der Waals surface area contributed by atoms with Crippen molar-refractivity contribution in [1.82, 2.24) is 0 Å². The van der Waals surface area contributed by atoms with Gasteiger partial charge in [-0.15, -0.1) is 0 Å². The number of amides is 1. The summed E-state index contributed by atoms with van der Waals surface area (Å²) in [6.45, 7) is 1.74. The summed E-state index contributed by atoms with van der Waals surface area (Å²) in [4.78, 5) is 12.5. The van der Waals surface area contributed by atoms with E-state index in [1.165, 1.54) is 31.3 Å². The van der Waals surface area contributed by atoms with Crippen molar-refractivity contribution in [3.05, 3.63) is 59.4 Å². The molecule has 0 atom stereocenters. The van der Waals surface area contributed by atoms with Gasteiger partial charge in [0.25, 0.3) is 5.91 Å². The predicted molar refractivity (Wildman–Crippen MR) is 88.8 cm³/mol. The van der Waals surface area contributed by atoms with E-state index in [9.17, 15) is 17.6 Å². The number of hydrogen-bond donors (Lipinski definition) is 1. The van der Waals surface area contributed by atoms with Crippen LogP contribution in [0.4, 0.5) is 15.8 Å². The second-order valence-electron chi connectivity index (χ2n) is 5.16. The van der Waals surface area contributed by atoms with E-state index in [0.29, 0.717) is 11.3 Å². The molecular weight excluding hydrogens is 319 g/mol. The van der Waals surface area contributed by atoms with E-state index < -0.39 is 21.7 Å². The van der Waals surface area contributed by atoms with E-state index in [2.05, 4.69) is 5.32 Å². The van der Waals surface area contributed by atoms with Crippen LogP contribution >= 0.6 is 0 Å². The van der Waals surface area contributed by atoms with E-state index in [1.54, 1.807) is 25.1 Å². The van der Waals surface area contributed by atoms with Crippen molar-refractivity contribution in [1.29, 1.82) is 0 Å². The molecule has 1 amide bonds. The highest BCUT2D eigenvalue weighted by atomic mass is 32.2. The lowest BCUT2D eigenvalue weighted by atomic mass is 10.1. The van der Waals surface area contributed by atoms with Crippen molar-refractivity contribution in [2.24, 2.45) is 0 Å². The molecule has 0 heterocycles. The Morgan fingerprint density at radius 2 is 1.83 bits per heavy atom. The SMILES string of the molecule is Cc1ccc(F)cc1NC(=O)c1ccccc1N(C)S(C)(=O)=O. The maximum atomic E-state index is 13.3. The van der Waals surface area contributed by atoms with Crippen LogP contribution in [-0.4, -0.2) is 27.6 Å². The van der Waals surface area contributed by atoms with E-state index in [-0.39, 0.29) is 11.3 Å². The van der Waals surface area contributed by atoms with Crippen molar-refractivity contribution in [2.75, 3.05) is 22.9 Å². The van der Waals surface area contributed by atoms with Gasteiger partial charge in [0.05, 0.1) is 17.5 Å². The molecule has 122 valence electrons. The molecule has 2 aromatic carbocycles. The molecule has 23 heavy (non-hydrogen) atoms. The molecule has 0 unspecified atom stereocenters. The van der Waals surface area contributed by atoms with Gasteiger partial charge in [-0.25, -0.2) is 12.8 Å². The molecule has 5 nitrogen and oxygen atoms in total. The third kappa shape index (κ3) is 3.87. The number of carbonyl (C=O) groups is 1. The van der Waals surface area contributed by atoms with Crippen LogP contribution in [0.1, 0.15) is 15.9 Å². The highest BCUT2D eigenvalue weighted by Gasteiger charge is 2.19. The average molecular weight is 336 g/mol. The fourth-order valence-electron chi connectivity index (χ4n) is 2.04. The largest absolute Gasteiger partial charge is 0.322 e. The van der Waals surface area contributed by atoms with Crippen LogP contribution in [0.25, 0.3) is 0 Å². The number of halogens is 1. The maximum absolute atomic E-state index is 13.3. The lowest BCUT2D eigenvalue weighted by molar-refractivity contribution is 0.102. The Hall–Kier alpha value is -2.41. The molecule has 7 heteroatoms. The van der Waals surface area contributed by atoms with Crippen LogP contribution in [0.5, 0.6) is 0 Å². The second-order valence-corrected chi connectivity index (χ2v) is 7.17. The molecule has 0 aliphatic heterocycles. The number of para-hydroxylation sites is 1. The number of nitrogens with one attached hydrogen (secondary N) is 1. The Morgan fingerprint density at radius 3 is 2.48 bits per heavy atom. The number of benzene rings is 2. The van der Waals surface area contributed by atoms with Gasteiger partial charge in [-0.2, -0.15) is 0 Å². The van der Waals surface area contributed by atoms with Crippen LogP contribution in [0.15, 0.2) is 42.5 Å². The van der Waals surface area contributed by atoms with Gasteiger partial charge < -0.3 is 5.32 Å². The molecule has 1 N–H and O–H groups in total. The van der Waals surface area contributed by atoms with E-state index in [0.717, 1.165) is 10.6 Å². The topological polar surface area (TPSA) is 66.5 Å². The number of aryl methyl sites for hydroxylation is 1. The minimum absolute atomic E-state index is 0.184. The summed E-state index contributed by atoms with van der Waals surface area (Å²) in [5, 5.41) is 2.61. The van der Waals surface area contributed by atoms with Crippen LogP contribution in [0.3, 0.4) is 0 Å². The van der Waals surface area contributed by atoms with E-state index in [1.807, 2.05) is 0 Å². The summed E-state index contributed by atoms with van der Waals surface area (Å²) in [6.07, 6.45) is 1.05. The number of hydrogen-bond acceptors (Lipinski definition) is 3. The summed E-state index contributed by atoms with van der Waals surface area (Å²) in [5.41, 5.74) is 1.48. The number of anilines is 2. The molecule has 0 saturated carbocycles. The van der Waals surface area contributed by atoms with E-state index >= 15 is 0 Å². The zero-order valence-electron chi connectivity index (χ0n) is 13.0. The molecule has 0 fully saturated rings. The Labute approximate surface area is 134 Å². The van der Waals surface area contributed by atoms with E-state index in [4.69, 9.17) is 0 Å². The molecule has 2 aromatic rings. The Kier molecular flexibility index (Phi) is 4.70. The molecule has 2 rings (SSSR count). The van der Waals surface area contributed by atoms with Crippen LogP contribution in [-0.2, 0) is 10.0 Å². The average Bonchev–Trinajstić information content (AvgIpc) is 2.49. The Bertz CT molecular complexity index is 850. The highest BCUT2D eigenvalue weighted by Crippen LogP contribution is 2.23. The van der Waals surface area contributed by atoms with Crippen molar-refractivity contribution >= 4 is 27.3 Å². The summed E-state index contributed by atoms with van der Waals surface area (Å²) in [5.74, 6) is -0.975. The highest BCUT2D eigenvalue weighted by molar-refractivity contribution is 7.92. The third-order valence-corrected chi connectivity index (χ3v) is 4.62. The summed E-state index contributed by atoms with van der Waals surface area (Å²) >= 11 is 0. The smallest absolute Gasteiger partial charge is 0.257 e. The minimum atomic E-state index is -3.51. The van der Waals surface area contributed by atoms with Gasteiger partial charge >= 0.3 is 0 Å². The minimum Gasteiger partial charge on any atom is -0.322 e. The predicted octanol–water partition coefficient (Wildman–Crippen LogP) is 2.78. The molecular formula is C16H17FN2O3S. The first kappa shape index (κ1) is 17.0. The molecule has 0 radical (unpaired) electrons. The van der Waals surface area contributed by atoms with Gasteiger partial charge in [-0.1, -0.05) is 18.2 Å². The van der Waals surface area contributed by atoms with Crippen molar-refractivity contribution in [3.63, 3.8) is 0 Å². The first-order valence-corrected chi connectivity index (χ1v) is 8.65. The first-order valence-electron chi connectivity index (χ1n) is 6.80. The fourth-order valence-corrected chi connectivity index (χ4v) is 2.55. The zero-order chi connectivity index (χ0) is 17.2. The molecule has 0 bridgehead atoms. The lowest BCUT2D eigenvalue weighted by Gasteiger charge is -2.20. The Morgan fingerprint density at radius 1 is 1.17 bits per heavy atom. The monoisotopic (exact) mass is 336 g/mol.